The Balaban J connectivity index is 0.00000128. The molecule has 1 aromatic carbocycles. The standard InChI is InChI=1S/C13H19NO.ClH/c1-10(14)7-12-3-2-4-13(8-12)15-9-11-5-6-11;/h2-4,8,10-11H,5-7,9,14H2,1H3;1H. The fourth-order valence-corrected chi connectivity index (χ4v) is 1.63. The molecule has 2 rings (SSSR count). The first-order valence-electron chi connectivity index (χ1n) is 5.71. The molecule has 0 bridgehead atoms. The van der Waals surface area contributed by atoms with Crippen molar-refractivity contribution in [2.75, 3.05) is 6.61 Å². The molecule has 2 N–H and O–H groups in total. The van der Waals surface area contributed by atoms with Gasteiger partial charge in [-0.3, -0.25) is 0 Å². The lowest BCUT2D eigenvalue weighted by Gasteiger charge is -2.08. The largest absolute Gasteiger partial charge is 0.493 e. The summed E-state index contributed by atoms with van der Waals surface area (Å²) >= 11 is 0. The monoisotopic (exact) mass is 241 g/mol. The predicted octanol–water partition coefficient (Wildman–Crippen LogP) is 2.79. The minimum Gasteiger partial charge on any atom is -0.493 e. The second-order valence-electron chi connectivity index (χ2n) is 4.58. The Kier molecular flexibility index (Phi) is 5.10. The predicted molar refractivity (Wildman–Crippen MR) is 69.3 cm³/mol. The zero-order valence-corrected chi connectivity index (χ0v) is 10.5. The molecular weight excluding hydrogens is 222 g/mol. The van der Waals surface area contributed by atoms with E-state index >= 15 is 0 Å². The SMILES string of the molecule is CC(N)Cc1cccc(OCC2CC2)c1.Cl. The van der Waals surface area contributed by atoms with Crippen molar-refractivity contribution in [1.29, 1.82) is 0 Å². The first-order valence-corrected chi connectivity index (χ1v) is 5.71. The maximum atomic E-state index is 5.77. The number of halogens is 1. The quantitative estimate of drug-likeness (QED) is 0.861. The van der Waals surface area contributed by atoms with Gasteiger partial charge in [0.05, 0.1) is 6.61 Å². The minimum absolute atomic E-state index is 0. The second-order valence-corrected chi connectivity index (χ2v) is 4.58. The van der Waals surface area contributed by atoms with E-state index in [1.807, 2.05) is 19.1 Å². The van der Waals surface area contributed by atoms with Crippen molar-refractivity contribution < 1.29 is 4.74 Å². The number of hydrogen-bond acceptors (Lipinski definition) is 2. The van der Waals surface area contributed by atoms with E-state index < -0.39 is 0 Å². The molecule has 3 heteroatoms. The number of ether oxygens (including phenoxy) is 1. The highest BCUT2D eigenvalue weighted by Gasteiger charge is 2.21. The van der Waals surface area contributed by atoms with Crippen LogP contribution in [0, 0.1) is 5.92 Å². The lowest BCUT2D eigenvalue weighted by molar-refractivity contribution is 0.299. The molecule has 0 radical (unpaired) electrons. The van der Waals surface area contributed by atoms with Crippen molar-refractivity contribution in [3.63, 3.8) is 0 Å². The van der Waals surface area contributed by atoms with E-state index in [9.17, 15) is 0 Å². The molecule has 0 aliphatic heterocycles. The molecule has 16 heavy (non-hydrogen) atoms. The van der Waals surface area contributed by atoms with Gasteiger partial charge in [0.15, 0.2) is 0 Å². The zero-order chi connectivity index (χ0) is 10.7. The van der Waals surface area contributed by atoms with Crippen LogP contribution in [0.4, 0.5) is 0 Å². The molecular formula is C13H20ClNO. The average Bonchev–Trinajstić information content (AvgIpc) is 2.97. The van der Waals surface area contributed by atoms with Gasteiger partial charge in [-0.1, -0.05) is 12.1 Å². The van der Waals surface area contributed by atoms with Gasteiger partial charge >= 0.3 is 0 Å². The molecule has 0 spiro atoms. The third kappa shape index (κ3) is 4.42. The van der Waals surface area contributed by atoms with Crippen molar-refractivity contribution in [3.05, 3.63) is 29.8 Å². The van der Waals surface area contributed by atoms with Crippen molar-refractivity contribution in [3.8, 4) is 5.75 Å². The van der Waals surface area contributed by atoms with E-state index in [0.29, 0.717) is 0 Å². The molecule has 0 amide bonds. The lowest BCUT2D eigenvalue weighted by Crippen LogP contribution is -2.17. The van der Waals surface area contributed by atoms with Crippen LogP contribution in [0.25, 0.3) is 0 Å². The summed E-state index contributed by atoms with van der Waals surface area (Å²) in [5.74, 6) is 1.79. The van der Waals surface area contributed by atoms with Gasteiger partial charge in [0, 0.05) is 6.04 Å². The molecule has 1 fully saturated rings. The summed E-state index contributed by atoms with van der Waals surface area (Å²) in [5, 5.41) is 0. The van der Waals surface area contributed by atoms with Gasteiger partial charge in [-0.25, -0.2) is 0 Å². The number of hydrogen-bond donors (Lipinski definition) is 1. The molecule has 1 atom stereocenters. The average molecular weight is 242 g/mol. The van der Waals surface area contributed by atoms with Crippen LogP contribution in [0.2, 0.25) is 0 Å². The lowest BCUT2D eigenvalue weighted by atomic mass is 10.1. The summed E-state index contributed by atoms with van der Waals surface area (Å²) in [5.41, 5.74) is 7.03. The maximum absolute atomic E-state index is 5.77. The first kappa shape index (κ1) is 13.3. The molecule has 1 unspecified atom stereocenters. The van der Waals surface area contributed by atoms with Gasteiger partial charge in [0.25, 0.3) is 0 Å². The van der Waals surface area contributed by atoms with Crippen LogP contribution in [-0.4, -0.2) is 12.6 Å². The highest BCUT2D eigenvalue weighted by molar-refractivity contribution is 5.85. The highest BCUT2D eigenvalue weighted by atomic mass is 35.5. The first-order chi connectivity index (χ1) is 7.24. The molecule has 2 nitrogen and oxygen atoms in total. The van der Waals surface area contributed by atoms with Crippen molar-refractivity contribution in [2.24, 2.45) is 11.7 Å². The van der Waals surface area contributed by atoms with Crippen molar-refractivity contribution in [1.82, 2.24) is 0 Å². The normalized spacial score (nSPS) is 16.4. The van der Waals surface area contributed by atoms with Gasteiger partial charge < -0.3 is 10.5 Å². The van der Waals surface area contributed by atoms with Gasteiger partial charge in [-0.05, 0) is 49.8 Å². The fourth-order valence-electron chi connectivity index (χ4n) is 1.63. The fraction of sp³-hybridized carbons (Fsp3) is 0.538. The molecule has 90 valence electrons. The van der Waals surface area contributed by atoms with E-state index in [4.69, 9.17) is 10.5 Å². The molecule has 1 aliphatic rings. The Morgan fingerprint density at radius 3 is 2.81 bits per heavy atom. The minimum atomic E-state index is 0. The topological polar surface area (TPSA) is 35.2 Å². The van der Waals surface area contributed by atoms with Crippen LogP contribution in [0.3, 0.4) is 0 Å². The molecule has 1 aliphatic carbocycles. The van der Waals surface area contributed by atoms with E-state index in [2.05, 4.69) is 12.1 Å². The Bertz CT molecular complexity index is 323. The molecule has 0 heterocycles. The van der Waals surface area contributed by atoms with Crippen LogP contribution in [0.1, 0.15) is 25.3 Å². The highest BCUT2D eigenvalue weighted by Crippen LogP contribution is 2.29. The van der Waals surface area contributed by atoms with E-state index in [1.54, 1.807) is 0 Å². The Morgan fingerprint density at radius 1 is 1.44 bits per heavy atom. The summed E-state index contributed by atoms with van der Waals surface area (Å²) in [6.07, 6.45) is 3.58. The molecule has 0 aromatic heterocycles. The Hall–Kier alpha value is -0.730. The molecule has 0 saturated heterocycles. The van der Waals surface area contributed by atoms with E-state index in [0.717, 1.165) is 24.7 Å². The summed E-state index contributed by atoms with van der Waals surface area (Å²) in [7, 11) is 0. The third-order valence-corrected chi connectivity index (χ3v) is 2.64. The summed E-state index contributed by atoms with van der Waals surface area (Å²) in [6, 6.07) is 8.48. The summed E-state index contributed by atoms with van der Waals surface area (Å²) in [4.78, 5) is 0. The van der Waals surface area contributed by atoms with Gasteiger partial charge in [-0.2, -0.15) is 0 Å². The number of benzene rings is 1. The Labute approximate surface area is 104 Å². The Morgan fingerprint density at radius 2 is 2.19 bits per heavy atom. The van der Waals surface area contributed by atoms with E-state index in [-0.39, 0.29) is 18.4 Å². The summed E-state index contributed by atoms with van der Waals surface area (Å²) in [6.45, 7) is 2.90. The number of rotatable bonds is 5. The smallest absolute Gasteiger partial charge is 0.119 e. The molecule has 1 saturated carbocycles. The van der Waals surface area contributed by atoms with Crippen molar-refractivity contribution >= 4 is 12.4 Å². The van der Waals surface area contributed by atoms with Crippen molar-refractivity contribution in [2.45, 2.75) is 32.2 Å². The zero-order valence-electron chi connectivity index (χ0n) is 9.69. The number of nitrogens with two attached hydrogens (primary N) is 1. The van der Waals surface area contributed by atoms with Gasteiger partial charge in [-0.15, -0.1) is 12.4 Å². The maximum Gasteiger partial charge on any atom is 0.119 e. The van der Waals surface area contributed by atoms with Gasteiger partial charge in [0.2, 0.25) is 0 Å². The van der Waals surface area contributed by atoms with Crippen LogP contribution < -0.4 is 10.5 Å². The third-order valence-electron chi connectivity index (χ3n) is 2.64. The van der Waals surface area contributed by atoms with Crippen LogP contribution >= 0.6 is 12.4 Å². The van der Waals surface area contributed by atoms with Crippen LogP contribution in [0.15, 0.2) is 24.3 Å². The van der Waals surface area contributed by atoms with Crippen LogP contribution in [-0.2, 0) is 6.42 Å². The summed E-state index contributed by atoms with van der Waals surface area (Å²) < 4.78 is 5.71. The van der Waals surface area contributed by atoms with Crippen LogP contribution in [0.5, 0.6) is 5.75 Å². The molecule has 1 aromatic rings. The second kappa shape index (κ2) is 6.12. The van der Waals surface area contributed by atoms with Gasteiger partial charge in [0.1, 0.15) is 5.75 Å². The van der Waals surface area contributed by atoms with E-state index in [1.165, 1.54) is 18.4 Å².